The Morgan fingerprint density at radius 3 is 2.60 bits per heavy atom. The van der Waals surface area contributed by atoms with E-state index >= 15 is 0 Å². The zero-order valence-electron chi connectivity index (χ0n) is 9.51. The van der Waals surface area contributed by atoms with Crippen molar-refractivity contribution in [3.63, 3.8) is 0 Å². The summed E-state index contributed by atoms with van der Waals surface area (Å²) >= 11 is 0. The number of non-ortho nitro benzene ring substituents is 1. The fraction of sp³-hybridized carbons (Fsp3) is 0. The Bertz CT molecular complexity index is 962. The van der Waals surface area contributed by atoms with Gasteiger partial charge in [-0.15, -0.1) is 5.10 Å². The first-order valence-electron chi connectivity index (χ1n) is 5.17. The van der Waals surface area contributed by atoms with Crippen molar-refractivity contribution in [2.75, 3.05) is 0 Å². The maximum atomic E-state index is 11.3. The molecule has 1 aromatic heterocycles. The molecule has 0 saturated carbocycles. The Labute approximate surface area is 110 Å². The van der Waals surface area contributed by atoms with E-state index < -0.39 is 19.9 Å². The van der Waals surface area contributed by atoms with Crippen LogP contribution in [0.1, 0.15) is 0 Å². The average molecular weight is 294 g/mol. The number of benzene rings is 2. The van der Waals surface area contributed by atoms with Crippen molar-refractivity contribution >= 4 is 37.7 Å². The summed E-state index contributed by atoms with van der Waals surface area (Å²) in [6, 6.07) is 4.45. The molecule has 0 unspecified atom stereocenters. The number of rotatable bonds is 2. The number of fused-ring (bicyclic) bond motifs is 3. The molecule has 102 valence electrons. The molecule has 0 fully saturated rings. The lowest BCUT2D eigenvalue weighted by Crippen LogP contribution is -2.00. The quantitative estimate of drug-likeness (QED) is 0.390. The van der Waals surface area contributed by atoms with Gasteiger partial charge in [0.15, 0.2) is 5.58 Å². The summed E-state index contributed by atoms with van der Waals surface area (Å²) < 4.78 is 38.6. The minimum Gasteiger partial charge on any atom is -0.744 e. The summed E-state index contributed by atoms with van der Waals surface area (Å²) in [5, 5.41) is 17.8. The molecule has 0 amide bonds. The smallest absolute Gasteiger partial charge is 0.270 e. The fourth-order valence-corrected chi connectivity index (χ4v) is 2.63. The summed E-state index contributed by atoms with van der Waals surface area (Å²) in [5.74, 6) is 0. The predicted molar refractivity (Wildman–Crippen MR) is 63.9 cm³/mol. The summed E-state index contributed by atoms with van der Waals surface area (Å²) in [7, 11) is -4.83. The Morgan fingerprint density at radius 2 is 1.95 bits per heavy atom. The van der Waals surface area contributed by atoms with Gasteiger partial charge in [-0.05, 0) is 6.07 Å². The van der Waals surface area contributed by atoms with Crippen LogP contribution in [0.4, 0.5) is 5.69 Å². The Hall–Kier alpha value is -2.59. The summed E-state index contributed by atoms with van der Waals surface area (Å²) in [6.07, 6.45) is 0. The number of aromatic nitrogens is 2. The van der Waals surface area contributed by atoms with Crippen molar-refractivity contribution in [1.82, 2.24) is 10.4 Å². The van der Waals surface area contributed by atoms with Crippen LogP contribution >= 0.6 is 0 Å². The van der Waals surface area contributed by atoms with Gasteiger partial charge in [-0.1, -0.05) is 0 Å². The molecule has 0 atom stereocenters. The van der Waals surface area contributed by atoms with Crippen LogP contribution in [0, 0.1) is 10.1 Å². The van der Waals surface area contributed by atoms with Crippen molar-refractivity contribution in [2.45, 2.75) is 4.90 Å². The van der Waals surface area contributed by atoms with E-state index in [1.54, 1.807) is 0 Å². The van der Waals surface area contributed by atoms with Gasteiger partial charge in [0.2, 0.25) is 0 Å². The van der Waals surface area contributed by atoms with Crippen LogP contribution in [-0.4, -0.2) is 28.3 Å². The molecule has 3 aromatic rings. The molecule has 0 radical (unpaired) electrons. The molecular weight excluding hydrogens is 290 g/mol. The molecule has 1 heterocycles. The largest absolute Gasteiger partial charge is 0.744 e. The summed E-state index contributed by atoms with van der Waals surface area (Å²) in [4.78, 5) is 9.45. The van der Waals surface area contributed by atoms with Crippen LogP contribution < -0.4 is 0 Å². The molecule has 20 heavy (non-hydrogen) atoms. The molecule has 9 nitrogen and oxygen atoms in total. The second-order valence-corrected chi connectivity index (χ2v) is 5.28. The molecule has 3 rings (SSSR count). The van der Waals surface area contributed by atoms with Crippen molar-refractivity contribution < 1.29 is 22.4 Å². The Kier molecular flexibility index (Phi) is 2.46. The van der Waals surface area contributed by atoms with E-state index in [4.69, 9.17) is 4.52 Å². The van der Waals surface area contributed by atoms with Gasteiger partial charge in [-0.2, -0.15) is 0 Å². The zero-order chi connectivity index (χ0) is 14.5. The van der Waals surface area contributed by atoms with Crippen LogP contribution in [-0.2, 0) is 10.1 Å². The van der Waals surface area contributed by atoms with Crippen molar-refractivity contribution in [3.05, 3.63) is 34.4 Å². The predicted octanol–water partition coefficient (Wildman–Crippen LogP) is 1.19. The fourth-order valence-electron chi connectivity index (χ4n) is 1.94. The third-order valence-electron chi connectivity index (χ3n) is 2.78. The highest BCUT2D eigenvalue weighted by molar-refractivity contribution is 7.86. The first-order chi connectivity index (χ1) is 9.38. The maximum Gasteiger partial charge on any atom is 0.270 e. The minimum atomic E-state index is -4.83. The minimum absolute atomic E-state index is 0.0146. The number of hydrogen-bond acceptors (Lipinski definition) is 8. The van der Waals surface area contributed by atoms with E-state index in [0.717, 1.165) is 12.1 Å². The number of nitrogens with zero attached hydrogens (tertiary/aromatic N) is 3. The number of nitro benzene ring substituents is 1. The highest BCUT2D eigenvalue weighted by Gasteiger charge is 2.17. The average Bonchev–Trinajstić information content (AvgIpc) is 2.84. The number of hydrogen-bond donors (Lipinski definition) is 0. The first kappa shape index (κ1) is 12.4. The van der Waals surface area contributed by atoms with E-state index in [-0.39, 0.29) is 27.6 Å². The van der Waals surface area contributed by atoms with Gasteiger partial charge in [-0.25, -0.2) is 8.42 Å². The summed E-state index contributed by atoms with van der Waals surface area (Å²) in [6.45, 7) is 0. The second kappa shape index (κ2) is 3.95. The molecule has 0 spiro atoms. The molecular formula is C10H4N3O6S-. The lowest BCUT2D eigenvalue weighted by Gasteiger charge is -2.10. The maximum absolute atomic E-state index is 11.3. The molecule has 0 N–H and O–H groups in total. The molecule has 2 aromatic carbocycles. The van der Waals surface area contributed by atoms with Gasteiger partial charge >= 0.3 is 0 Å². The molecule has 0 saturated heterocycles. The highest BCUT2D eigenvalue weighted by Crippen LogP contribution is 2.32. The number of nitro groups is 1. The van der Waals surface area contributed by atoms with Gasteiger partial charge < -0.3 is 9.08 Å². The highest BCUT2D eigenvalue weighted by atomic mass is 32.2. The van der Waals surface area contributed by atoms with Crippen LogP contribution in [0.25, 0.3) is 21.9 Å². The van der Waals surface area contributed by atoms with E-state index in [2.05, 4.69) is 10.4 Å². The molecule has 0 aliphatic heterocycles. The van der Waals surface area contributed by atoms with Gasteiger partial charge in [0.05, 0.1) is 9.82 Å². The molecule has 0 bridgehead atoms. The van der Waals surface area contributed by atoms with Crippen molar-refractivity contribution in [2.24, 2.45) is 0 Å². The lowest BCUT2D eigenvalue weighted by molar-refractivity contribution is -0.384. The zero-order valence-corrected chi connectivity index (χ0v) is 10.3. The SMILES string of the molecule is O=[N+]([O-])c1ccc2c(c1)c(S(=O)(=O)[O-])cc1onnc12. The Morgan fingerprint density at radius 1 is 1.20 bits per heavy atom. The van der Waals surface area contributed by atoms with Gasteiger partial charge in [-0.3, -0.25) is 10.1 Å². The van der Waals surface area contributed by atoms with Gasteiger partial charge in [0.1, 0.15) is 15.6 Å². The third kappa shape index (κ3) is 1.78. The van der Waals surface area contributed by atoms with Crippen LogP contribution in [0.15, 0.2) is 33.7 Å². The lowest BCUT2D eigenvalue weighted by atomic mass is 10.1. The van der Waals surface area contributed by atoms with Crippen LogP contribution in [0.3, 0.4) is 0 Å². The monoisotopic (exact) mass is 294 g/mol. The van der Waals surface area contributed by atoms with Gasteiger partial charge in [0, 0.05) is 34.2 Å². The van der Waals surface area contributed by atoms with E-state index in [0.29, 0.717) is 0 Å². The standard InChI is InChI=1S/C10H5N3O6S/c14-13(15)5-1-2-6-7(3-5)9(20(16,17)18)4-8-10(6)11-12-19-8/h1-4H,(H,16,17,18)/p-1. The Balaban J connectivity index is 2.56. The van der Waals surface area contributed by atoms with E-state index in [1.165, 1.54) is 12.1 Å². The van der Waals surface area contributed by atoms with Crippen LogP contribution in [0.2, 0.25) is 0 Å². The summed E-state index contributed by atoms with van der Waals surface area (Å²) in [5.41, 5.74) is -0.0960. The van der Waals surface area contributed by atoms with Crippen molar-refractivity contribution in [1.29, 1.82) is 0 Å². The van der Waals surface area contributed by atoms with Crippen LogP contribution in [0.5, 0.6) is 0 Å². The van der Waals surface area contributed by atoms with E-state index in [1.807, 2.05) is 0 Å². The topological polar surface area (TPSA) is 139 Å². The first-order valence-corrected chi connectivity index (χ1v) is 6.58. The third-order valence-corrected chi connectivity index (χ3v) is 3.66. The molecule has 0 aliphatic rings. The normalized spacial score (nSPS) is 12.1. The van der Waals surface area contributed by atoms with E-state index in [9.17, 15) is 23.1 Å². The molecule has 10 heteroatoms. The van der Waals surface area contributed by atoms with Crippen molar-refractivity contribution in [3.8, 4) is 0 Å². The molecule has 0 aliphatic carbocycles. The van der Waals surface area contributed by atoms with Gasteiger partial charge in [0.25, 0.3) is 5.69 Å². The second-order valence-electron chi connectivity index (χ2n) is 3.94.